The smallest absolute Gasteiger partial charge is 0.161 e. The van der Waals surface area contributed by atoms with E-state index in [0.29, 0.717) is 12.4 Å². The molecule has 32 heavy (non-hydrogen) atoms. The predicted octanol–water partition coefficient (Wildman–Crippen LogP) is 5.87. The van der Waals surface area contributed by atoms with Gasteiger partial charge in [0.1, 0.15) is 11.3 Å². The molecule has 0 aliphatic carbocycles. The molecule has 0 saturated heterocycles. The molecule has 0 saturated carbocycles. The number of benzene rings is 2. The largest absolute Gasteiger partial charge is 0.493 e. The Hall–Kier alpha value is -2.15. The van der Waals surface area contributed by atoms with Crippen molar-refractivity contribution in [3.63, 3.8) is 0 Å². The summed E-state index contributed by atoms with van der Waals surface area (Å²) in [5.41, 5.74) is 3.04. The van der Waals surface area contributed by atoms with Crippen LogP contribution in [0.1, 0.15) is 32.3 Å². The Morgan fingerprint density at radius 3 is 2.53 bits per heavy atom. The van der Waals surface area contributed by atoms with Crippen molar-refractivity contribution in [2.24, 2.45) is 0 Å². The van der Waals surface area contributed by atoms with E-state index in [-0.39, 0.29) is 6.61 Å². The molecule has 3 aromatic rings. The fourth-order valence-electron chi connectivity index (χ4n) is 3.89. The first-order valence-electron chi connectivity index (χ1n) is 11.4. The molecule has 5 nitrogen and oxygen atoms in total. The predicted molar refractivity (Wildman–Crippen MR) is 133 cm³/mol. The minimum Gasteiger partial charge on any atom is -0.493 e. The lowest BCUT2D eigenvalue weighted by atomic mass is 10.1. The highest BCUT2D eigenvalue weighted by molar-refractivity contribution is 7.99. The summed E-state index contributed by atoms with van der Waals surface area (Å²) in [5, 5.41) is 10.2. The van der Waals surface area contributed by atoms with Crippen molar-refractivity contribution in [3.8, 4) is 22.8 Å². The van der Waals surface area contributed by atoms with Crippen molar-refractivity contribution < 1.29 is 19.0 Å². The minimum absolute atomic E-state index is 0.202. The van der Waals surface area contributed by atoms with E-state index in [0.717, 1.165) is 71.8 Å². The molecular formula is C26H35NO4S. The highest BCUT2D eigenvalue weighted by atomic mass is 32.2. The van der Waals surface area contributed by atoms with E-state index in [1.807, 2.05) is 24.3 Å². The van der Waals surface area contributed by atoms with Crippen LogP contribution >= 0.6 is 11.8 Å². The van der Waals surface area contributed by atoms with Gasteiger partial charge >= 0.3 is 0 Å². The number of rotatable bonds is 13. The van der Waals surface area contributed by atoms with Gasteiger partial charge in [-0.05, 0) is 74.5 Å². The van der Waals surface area contributed by atoms with Crippen molar-refractivity contribution in [3.05, 3.63) is 42.0 Å². The number of methoxy groups -OCH3 is 1. The maximum atomic E-state index is 9.13. The second-order valence-electron chi connectivity index (χ2n) is 7.72. The number of fused-ring (bicyclic) bond motifs is 1. The minimum atomic E-state index is 0.202. The molecule has 0 bridgehead atoms. The molecule has 2 aromatic carbocycles. The van der Waals surface area contributed by atoms with E-state index in [1.165, 1.54) is 5.56 Å². The summed E-state index contributed by atoms with van der Waals surface area (Å²) < 4.78 is 17.9. The first kappa shape index (κ1) is 24.5. The Bertz CT molecular complexity index is 997. The first-order chi connectivity index (χ1) is 15.6. The topological polar surface area (TPSA) is 55.1 Å². The fraction of sp³-hybridized carbons (Fsp3) is 0.462. The lowest BCUT2D eigenvalue weighted by molar-refractivity contribution is 0.242. The van der Waals surface area contributed by atoms with E-state index in [1.54, 1.807) is 18.9 Å². The third kappa shape index (κ3) is 5.80. The van der Waals surface area contributed by atoms with Gasteiger partial charge in [-0.2, -0.15) is 0 Å². The molecular weight excluding hydrogens is 422 g/mol. The number of hydrogen-bond donors (Lipinski definition) is 1. The number of aliphatic hydroxyl groups excluding tert-OH is 1. The maximum absolute atomic E-state index is 9.13. The summed E-state index contributed by atoms with van der Waals surface area (Å²) in [7, 11) is 1.67. The zero-order chi connectivity index (χ0) is 22.9. The molecule has 1 N–H and O–H groups in total. The molecule has 1 heterocycles. The van der Waals surface area contributed by atoms with Crippen molar-refractivity contribution in [2.75, 3.05) is 46.2 Å². The van der Waals surface area contributed by atoms with E-state index < -0.39 is 0 Å². The van der Waals surface area contributed by atoms with Crippen molar-refractivity contribution in [1.29, 1.82) is 0 Å². The monoisotopic (exact) mass is 457 g/mol. The molecule has 0 radical (unpaired) electrons. The van der Waals surface area contributed by atoms with Gasteiger partial charge in [-0.3, -0.25) is 0 Å². The third-order valence-corrected chi connectivity index (χ3v) is 6.54. The molecule has 0 aliphatic rings. The average molecular weight is 458 g/mol. The van der Waals surface area contributed by atoms with Gasteiger partial charge in [0.15, 0.2) is 11.5 Å². The molecule has 0 atom stereocenters. The van der Waals surface area contributed by atoms with Gasteiger partial charge in [0.25, 0.3) is 0 Å². The normalized spacial score (nSPS) is 11.4. The Morgan fingerprint density at radius 1 is 1.03 bits per heavy atom. The molecule has 0 unspecified atom stereocenters. The molecule has 174 valence electrons. The highest BCUT2D eigenvalue weighted by Gasteiger charge is 2.18. The lowest BCUT2D eigenvalue weighted by Gasteiger charge is -2.18. The quantitative estimate of drug-likeness (QED) is 0.256. The second-order valence-corrected chi connectivity index (χ2v) is 8.53. The van der Waals surface area contributed by atoms with Gasteiger partial charge < -0.3 is 23.9 Å². The summed E-state index contributed by atoms with van der Waals surface area (Å²) in [6.45, 7) is 8.38. The summed E-state index contributed by atoms with van der Waals surface area (Å²) in [5.74, 6) is 2.31. The van der Waals surface area contributed by atoms with Gasteiger partial charge in [-0.25, -0.2) is 0 Å². The van der Waals surface area contributed by atoms with Crippen molar-refractivity contribution >= 4 is 22.7 Å². The van der Waals surface area contributed by atoms with Gasteiger partial charge in [-0.15, -0.1) is 11.8 Å². The second kappa shape index (κ2) is 12.2. The van der Waals surface area contributed by atoms with E-state index in [9.17, 15) is 0 Å². The van der Waals surface area contributed by atoms with Crippen LogP contribution in [0.3, 0.4) is 0 Å². The molecule has 0 aliphatic heterocycles. The summed E-state index contributed by atoms with van der Waals surface area (Å²) in [4.78, 5) is 3.51. The summed E-state index contributed by atoms with van der Waals surface area (Å²) >= 11 is 1.68. The number of nitrogens with zero attached hydrogens (tertiary/aromatic N) is 1. The molecule has 1 aromatic heterocycles. The first-order valence-corrected chi connectivity index (χ1v) is 12.6. The number of aryl methyl sites for hydroxylation is 1. The van der Waals surface area contributed by atoms with Crippen LogP contribution in [0.15, 0.2) is 45.7 Å². The molecule has 0 fully saturated rings. The Kier molecular flexibility index (Phi) is 9.33. The van der Waals surface area contributed by atoms with Crippen LogP contribution in [-0.2, 0) is 6.42 Å². The van der Waals surface area contributed by atoms with Crippen LogP contribution in [0.5, 0.6) is 11.5 Å². The average Bonchev–Trinajstić information content (AvgIpc) is 3.20. The van der Waals surface area contributed by atoms with Crippen LogP contribution in [0.25, 0.3) is 22.3 Å². The maximum Gasteiger partial charge on any atom is 0.161 e. The van der Waals surface area contributed by atoms with Crippen molar-refractivity contribution in [1.82, 2.24) is 4.90 Å². The third-order valence-electron chi connectivity index (χ3n) is 5.73. The van der Waals surface area contributed by atoms with Gasteiger partial charge in [0.05, 0.1) is 18.6 Å². The number of aliphatic hydroxyl groups is 1. The van der Waals surface area contributed by atoms with Gasteiger partial charge in [-0.1, -0.05) is 19.9 Å². The van der Waals surface area contributed by atoms with Gasteiger partial charge in [0.2, 0.25) is 0 Å². The summed E-state index contributed by atoms with van der Waals surface area (Å²) in [6.07, 6.45) is 4.66. The zero-order valence-electron chi connectivity index (χ0n) is 19.6. The molecule has 0 amide bonds. The standard InChI is InChI=1S/C26H35NO4S/c1-5-27(6-2)14-8-16-30-23-13-11-20(18-24(23)29-3)25-26(32-4)21-17-19(9-7-15-28)10-12-22(21)31-25/h10-13,17-18,28H,5-9,14-16H2,1-4H3. The molecule has 0 spiro atoms. The summed E-state index contributed by atoms with van der Waals surface area (Å²) in [6, 6.07) is 12.3. The van der Waals surface area contributed by atoms with Gasteiger partial charge in [0, 0.05) is 24.1 Å². The van der Waals surface area contributed by atoms with Crippen LogP contribution < -0.4 is 9.47 Å². The Balaban J connectivity index is 1.81. The van der Waals surface area contributed by atoms with E-state index in [2.05, 4.69) is 37.1 Å². The number of thioether (sulfide) groups is 1. The Labute approximate surface area is 195 Å². The van der Waals surface area contributed by atoms with E-state index in [4.69, 9.17) is 19.0 Å². The van der Waals surface area contributed by atoms with Crippen LogP contribution in [0.2, 0.25) is 0 Å². The molecule has 6 heteroatoms. The van der Waals surface area contributed by atoms with E-state index >= 15 is 0 Å². The number of furan rings is 1. The van der Waals surface area contributed by atoms with Crippen molar-refractivity contribution in [2.45, 2.75) is 38.0 Å². The SMILES string of the molecule is CCN(CC)CCCOc1ccc(-c2oc3ccc(CCCO)cc3c2SC)cc1OC. The van der Waals surface area contributed by atoms with Crippen LogP contribution in [0, 0.1) is 0 Å². The Morgan fingerprint density at radius 2 is 1.84 bits per heavy atom. The zero-order valence-corrected chi connectivity index (χ0v) is 20.5. The van der Waals surface area contributed by atoms with Crippen LogP contribution in [0.4, 0.5) is 0 Å². The number of hydrogen-bond acceptors (Lipinski definition) is 6. The highest BCUT2D eigenvalue weighted by Crippen LogP contribution is 2.42. The molecule has 3 rings (SSSR count). The fourth-order valence-corrected chi connectivity index (χ4v) is 4.62. The van der Waals surface area contributed by atoms with Crippen LogP contribution in [-0.4, -0.2) is 56.2 Å². The number of ether oxygens (including phenoxy) is 2. The lowest BCUT2D eigenvalue weighted by Crippen LogP contribution is -2.25.